The average molecular weight is 601 g/mol. The predicted octanol–water partition coefficient (Wildman–Crippen LogP) is 7.87. The summed E-state index contributed by atoms with van der Waals surface area (Å²) in [4.78, 5) is 4.08. The van der Waals surface area contributed by atoms with Gasteiger partial charge in [-0.15, -0.1) is 0 Å². The van der Waals surface area contributed by atoms with E-state index < -0.39 is 28.1 Å². The first-order chi connectivity index (χ1) is 19.5. The standard InChI is InChI=1S/C18H15S.C13H10F4O4S/c1-4-10-16(11-5-1)19(17-12-6-2-7-13-17)18-14-8-3-9-15-18;14-12(15,13(16,17)22(18,19)20)21-8-9-5-6-10-3-1-2-4-11(10)7-9/h1-15H;1-7H,8H2,(H,18,19,20)/q+1;/p-1. The summed E-state index contributed by atoms with van der Waals surface area (Å²) < 4.78 is 86.4. The molecule has 5 rings (SSSR count). The number of hydrogen-bond acceptors (Lipinski definition) is 4. The zero-order valence-electron chi connectivity index (χ0n) is 21.4. The molecule has 0 heterocycles. The fraction of sp³-hybridized carbons (Fsp3) is 0.0968. The third-order valence-corrected chi connectivity index (χ3v) is 8.92. The summed E-state index contributed by atoms with van der Waals surface area (Å²) in [5, 5.41) is -4.39. The van der Waals surface area contributed by atoms with Crippen LogP contribution < -0.4 is 0 Å². The van der Waals surface area contributed by atoms with Crippen molar-refractivity contribution in [3.8, 4) is 0 Å². The molecule has 0 unspecified atom stereocenters. The zero-order chi connectivity index (χ0) is 29.5. The molecule has 41 heavy (non-hydrogen) atoms. The van der Waals surface area contributed by atoms with Crippen LogP contribution in [0.2, 0.25) is 0 Å². The summed E-state index contributed by atoms with van der Waals surface area (Å²) in [7, 11) is -6.57. The van der Waals surface area contributed by atoms with Crippen LogP contribution in [-0.2, 0) is 32.4 Å². The van der Waals surface area contributed by atoms with E-state index >= 15 is 0 Å². The maximum absolute atomic E-state index is 13.1. The molecule has 0 N–H and O–H groups in total. The normalized spacial score (nSPS) is 12.1. The van der Waals surface area contributed by atoms with Crippen molar-refractivity contribution in [2.75, 3.05) is 0 Å². The van der Waals surface area contributed by atoms with Crippen LogP contribution in [0.3, 0.4) is 0 Å². The van der Waals surface area contributed by atoms with Crippen LogP contribution in [0.5, 0.6) is 0 Å². The lowest BCUT2D eigenvalue weighted by Crippen LogP contribution is -2.48. The van der Waals surface area contributed by atoms with Gasteiger partial charge in [0.1, 0.15) is 0 Å². The van der Waals surface area contributed by atoms with Gasteiger partial charge in [-0.05, 0) is 58.8 Å². The van der Waals surface area contributed by atoms with Gasteiger partial charge < -0.3 is 9.29 Å². The van der Waals surface area contributed by atoms with Crippen LogP contribution >= 0.6 is 0 Å². The highest BCUT2D eigenvalue weighted by atomic mass is 32.2. The third kappa shape index (κ3) is 7.34. The molecule has 0 atom stereocenters. The van der Waals surface area contributed by atoms with Crippen molar-refractivity contribution in [2.24, 2.45) is 0 Å². The largest absolute Gasteiger partial charge is 0.743 e. The number of rotatable bonds is 8. The summed E-state index contributed by atoms with van der Waals surface area (Å²) in [6.07, 6.45) is -5.43. The van der Waals surface area contributed by atoms with Gasteiger partial charge in [0.2, 0.25) is 0 Å². The summed E-state index contributed by atoms with van der Waals surface area (Å²) in [5.41, 5.74) is 0.123. The van der Waals surface area contributed by atoms with Gasteiger partial charge in [-0.2, -0.15) is 17.6 Å². The van der Waals surface area contributed by atoms with E-state index in [0.29, 0.717) is 5.39 Å². The van der Waals surface area contributed by atoms with Gasteiger partial charge >= 0.3 is 11.4 Å². The lowest BCUT2D eigenvalue weighted by molar-refractivity contribution is -0.323. The van der Waals surface area contributed by atoms with E-state index in [4.69, 9.17) is 0 Å². The number of fused-ring (bicyclic) bond motifs is 1. The first kappa shape index (κ1) is 30.3. The summed E-state index contributed by atoms with van der Waals surface area (Å²) in [5.74, 6) is 0. The second-order valence-corrected chi connectivity index (χ2v) is 12.2. The van der Waals surface area contributed by atoms with Crippen LogP contribution in [0.4, 0.5) is 17.6 Å². The van der Waals surface area contributed by atoms with E-state index in [1.54, 1.807) is 30.3 Å². The molecule has 0 aliphatic rings. The van der Waals surface area contributed by atoms with Gasteiger partial charge in [-0.3, -0.25) is 0 Å². The van der Waals surface area contributed by atoms with Crippen LogP contribution in [0.15, 0.2) is 148 Å². The van der Waals surface area contributed by atoms with Gasteiger partial charge in [0.25, 0.3) is 0 Å². The van der Waals surface area contributed by atoms with Crippen molar-refractivity contribution in [2.45, 2.75) is 32.7 Å². The fourth-order valence-electron chi connectivity index (χ4n) is 3.81. The molecule has 0 radical (unpaired) electrons. The van der Waals surface area contributed by atoms with Crippen LogP contribution in [0, 0.1) is 0 Å². The van der Waals surface area contributed by atoms with Gasteiger partial charge in [-0.25, -0.2) is 8.42 Å². The topological polar surface area (TPSA) is 66.4 Å². The van der Waals surface area contributed by atoms with Crippen LogP contribution in [0.1, 0.15) is 5.56 Å². The van der Waals surface area contributed by atoms with E-state index in [2.05, 4.69) is 95.7 Å². The Hall–Kier alpha value is -3.70. The average Bonchev–Trinajstić information content (AvgIpc) is 2.97. The predicted molar refractivity (Wildman–Crippen MR) is 150 cm³/mol. The lowest BCUT2D eigenvalue weighted by Gasteiger charge is -2.27. The second kappa shape index (κ2) is 12.9. The first-order valence-corrected chi connectivity index (χ1v) is 14.8. The van der Waals surface area contributed by atoms with Crippen molar-refractivity contribution in [1.82, 2.24) is 0 Å². The SMILES string of the molecule is O=S(=O)([O-])C(F)(F)C(F)(F)OCc1ccc2ccccc2c1.c1ccc([S+](c2ccccc2)c2ccccc2)cc1. The molecule has 0 fully saturated rings. The minimum Gasteiger partial charge on any atom is -0.743 e. The Morgan fingerprint density at radius 3 is 1.46 bits per heavy atom. The van der Waals surface area contributed by atoms with Crippen molar-refractivity contribution in [3.05, 3.63) is 139 Å². The van der Waals surface area contributed by atoms with Gasteiger partial charge in [-0.1, -0.05) is 91.0 Å². The number of benzene rings is 5. The maximum Gasteiger partial charge on any atom is 0.434 e. The second-order valence-electron chi connectivity index (χ2n) is 8.70. The van der Waals surface area contributed by atoms with Gasteiger partial charge in [0, 0.05) is 0 Å². The summed E-state index contributed by atoms with van der Waals surface area (Å²) in [6, 6.07) is 43.4. The Bertz CT molecular complexity index is 1570. The first-order valence-electron chi connectivity index (χ1n) is 12.2. The Morgan fingerprint density at radius 2 is 1.02 bits per heavy atom. The highest BCUT2D eigenvalue weighted by Gasteiger charge is 2.63. The van der Waals surface area contributed by atoms with Crippen molar-refractivity contribution in [3.63, 3.8) is 0 Å². The van der Waals surface area contributed by atoms with Gasteiger partial charge in [0.15, 0.2) is 24.8 Å². The quantitative estimate of drug-likeness (QED) is 0.103. The van der Waals surface area contributed by atoms with E-state index in [9.17, 15) is 30.5 Å². The molecule has 0 saturated heterocycles. The molecule has 0 spiro atoms. The molecule has 0 aliphatic heterocycles. The molecular weight excluding hydrogens is 576 g/mol. The Kier molecular flexibility index (Phi) is 9.49. The monoisotopic (exact) mass is 600 g/mol. The number of ether oxygens (including phenoxy) is 1. The molecule has 212 valence electrons. The van der Waals surface area contributed by atoms with Crippen molar-refractivity contribution in [1.29, 1.82) is 0 Å². The maximum atomic E-state index is 13.1. The smallest absolute Gasteiger partial charge is 0.434 e. The Morgan fingerprint density at radius 1 is 0.610 bits per heavy atom. The van der Waals surface area contributed by atoms with Crippen molar-refractivity contribution < 1.29 is 35.3 Å². The molecule has 0 amide bonds. The highest BCUT2D eigenvalue weighted by Crippen LogP contribution is 2.39. The summed E-state index contributed by atoms with van der Waals surface area (Å²) >= 11 is 0. The summed E-state index contributed by atoms with van der Waals surface area (Å²) in [6.45, 7) is -0.983. The number of alkyl halides is 4. The van der Waals surface area contributed by atoms with E-state index in [1.165, 1.54) is 26.8 Å². The minimum absolute atomic E-state index is 0.0146. The molecule has 0 saturated carbocycles. The molecular formula is C31H24F4O4S2. The molecule has 0 bridgehead atoms. The number of halogens is 4. The van der Waals surface area contributed by atoms with Crippen LogP contribution in [-0.4, -0.2) is 24.3 Å². The fourth-order valence-corrected chi connectivity index (χ4v) is 6.26. The van der Waals surface area contributed by atoms with Crippen LogP contribution in [0.25, 0.3) is 10.8 Å². The highest BCUT2D eigenvalue weighted by molar-refractivity contribution is 7.97. The number of hydrogen-bond donors (Lipinski definition) is 0. The minimum atomic E-state index is -6.56. The van der Waals surface area contributed by atoms with E-state index in [0.717, 1.165) is 5.39 Å². The Balaban J connectivity index is 0.000000191. The van der Waals surface area contributed by atoms with E-state index in [-0.39, 0.29) is 16.5 Å². The lowest BCUT2D eigenvalue weighted by atomic mass is 10.1. The molecule has 5 aromatic rings. The molecule has 4 nitrogen and oxygen atoms in total. The molecule has 0 aliphatic carbocycles. The van der Waals surface area contributed by atoms with Gasteiger partial charge in [0.05, 0.1) is 17.5 Å². The molecule has 10 heteroatoms. The zero-order valence-corrected chi connectivity index (χ0v) is 23.0. The Labute approximate surface area is 238 Å². The third-order valence-electron chi connectivity index (χ3n) is 5.82. The molecule has 0 aromatic heterocycles. The molecule has 5 aromatic carbocycles. The van der Waals surface area contributed by atoms with Crippen molar-refractivity contribution >= 4 is 31.8 Å². The van der Waals surface area contributed by atoms with E-state index in [1.807, 2.05) is 0 Å².